The number of carbonyl (C=O) groups is 2. The molecule has 260 valence electrons. The van der Waals surface area contributed by atoms with Gasteiger partial charge in [-0.1, -0.05) is 30.3 Å². The first-order valence-corrected chi connectivity index (χ1v) is 17.5. The predicted octanol–water partition coefficient (Wildman–Crippen LogP) is 6.08. The molecule has 3 atom stereocenters. The topological polar surface area (TPSA) is 125 Å². The minimum absolute atomic E-state index is 0.0876. The van der Waals surface area contributed by atoms with Crippen LogP contribution in [0.4, 0.5) is 5.82 Å². The van der Waals surface area contributed by atoms with E-state index in [0.717, 1.165) is 29.3 Å². The number of ether oxygens (including phenoxy) is 3. The fourth-order valence-corrected chi connectivity index (χ4v) is 7.36. The van der Waals surface area contributed by atoms with Crippen LogP contribution in [0.3, 0.4) is 0 Å². The lowest BCUT2D eigenvalue weighted by Gasteiger charge is -2.34. The molecule has 2 saturated heterocycles. The van der Waals surface area contributed by atoms with Crippen molar-refractivity contribution in [2.24, 2.45) is 0 Å². The van der Waals surface area contributed by atoms with Crippen LogP contribution in [0.15, 0.2) is 59.0 Å². The van der Waals surface area contributed by atoms with Gasteiger partial charge in [-0.15, -0.1) is 0 Å². The highest BCUT2D eigenvalue weighted by atomic mass is 16.6. The number of esters is 1. The summed E-state index contributed by atoms with van der Waals surface area (Å²) in [6.45, 7) is 9.42. The molecule has 0 unspecified atom stereocenters. The van der Waals surface area contributed by atoms with Gasteiger partial charge in [0.1, 0.15) is 28.8 Å². The molecule has 7 heterocycles. The third kappa shape index (κ3) is 6.17. The zero-order valence-corrected chi connectivity index (χ0v) is 28.9. The molecule has 0 spiro atoms. The quantitative estimate of drug-likeness (QED) is 0.193. The summed E-state index contributed by atoms with van der Waals surface area (Å²) in [6, 6.07) is 15.6. The lowest BCUT2D eigenvalue weighted by molar-refractivity contribution is -0.156. The summed E-state index contributed by atoms with van der Waals surface area (Å²) in [4.78, 5) is 45.9. The van der Waals surface area contributed by atoms with Crippen molar-refractivity contribution in [1.29, 1.82) is 0 Å². The fraction of sp³-hybridized carbons (Fsp3) is 0.447. The summed E-state index contributed by atoms with van der Waals surface area (Å²) >= 11 is 0. The van der Waals surface area contributed by atoms with Gasteiger partial charge in [-0.2, -0.15) is 4.98 Å². The molecule has 9 rings (SSSR count). The van der Waals surface area contributed by atoms with E-state index < -0.39 is 17.7 Å². The summed E-state index contributed by atoms with van der Waals surface area (Å²) < 4.78 is 27.4. The van der Waals surface area contributed by atoms with Crippen molar-refractivity contribution in [3.63, 3.8) is 0 Å². The van der Waals surface area contributed by atoms with Gasteiger partial charge in [0.15, 0.2) is 17.2 Å². The monoisotopic (exact) mass is 678 g/mol. The van der Waals surface area contributed by atoms with Crippen LogP contribution in [-0.4, -0.2) is 86.4 Å². The molecule has 4 aliphatic rings. The van der Waals surface area contributed by atoms with Gasteiger partial charge in [-0.3, -0.25) is 9.36 Å². The molecular weight excluding hydrogens is 636 g/mol. The number of anilines is 1. The van der Waals surface area contributed by atoms with Gasteiger partial charge in [0, 0.05) is 30.9 Å². The third-order valence-corrected chi connectivity index (χ3v) is 9.66. The second-order valence-electron chi connectivity index (χ2n) is 14.5. The van der Waals surface area contributed by atoms with Crippen molar-refractivity contribution in [3.8, 4) is 6.01 Å². The molecule has 1 amide bonds. The largest absolute Gasteiger partial charge is 0.459 e. The number of aromatic nitrogens is 4. The Morgan fingerprint density at radius 2 is 1.78 bits per heavy atom. The van der Waals surface area contributed by atoms with Gasteiger partial charge in [0.25, 0.3) is 6.01 Å². The summed E-state index contributed by atoms with van der Waals surface area (Å²) in [5.74, 6) is 0.655. The molecule has 3 aromatic heterocycles. The normalized spacial score (nSPS) is 24.0. The van der Waals surface area contributed by atoms with Gasteiger partial charge >= 0.3 is 5.97 Å². The molecule has 6 bridgehead atoms. The SMILES string of the molecule is C[C@@H]1CC(=O)N2CCC(CC2)n2c(nc3ccccc32)O[C@H]2C[C@@H](C(=O)OC(C)(C)C)N(C2)c2nc(nc3c2oc2ccccc23)/C=C\CO1. The zero-order chi connectivity index (χ0) is 34.6. The molecule has 0 aliphatic carbocycles. The maximum atomic E-state index is 14.0. The Hall–Kier alpha value is -4.97. The maximum absolute atomic E-state index is 14.0. The Morgan fingerprint density at radius 3 is 2.60 bits per heavy atom. The average molecular weight is 679 g/mol. The molecule has 2 fully saturated rings. The third-order valence-electron chi connectivity index (χ3n) is 9.66. The highest BCUT2D eigenvalue weighted by Gasteiger charge is 2.43. The molecular formula is C38H42N6O6. The molecule has 0 N–H and O–H groups in total. The van der Waals surface area contributed by atoms with Crippen LogP contribution in [0, 0.1) is 0 Å². The summed E-state index contributed by atoms with van der Waals surface area (Å²) in [5, 5.41) is 0.846. The first-order chi connectivity index (χ1) is 24.1. The van der Waals surface area contributed by atoms with Crippen LogP contribution in [0.5, 0.6) is 6.01 Å². The number of piperidine rings is 1. The first-order valence-electron chi connectivity index (χ1n) is 17.5. The summed E-state index contributed by atoms with van der Waals surface area (Å²) in [7, 11) is 0. The number of para-hydroxylation sites is 3. The Labute approximate surface area is 290 Å². The van der Waals surface area contributed by atoms with Crippen molar-refractivity contribution >= 4 is 56.9 Å². The lowest BCUT2D eigenvalue weighted by atomic mass is 10.0. The van der Waals surface area contributed by atoms with Gasteiger partial charge in [-0.25, -0.2) is 14.8 Å². The smallest absolute Gasteiger partial charge is 0.329 e. The first kappa shape index (κ1) is 32.2. The molecule has 2 aromatic carbocycles. The Kier molecular flexibility index (Phi) is 8.21. The molecule has 12 nitrogen and oxygen atoms in total. The number of benzene rings is 2. The van der Waals surface area contributed by atoms with E-state index in [0.29, 0.717) is 66.8 Å². The van der Waals surface area contributed by atoms with Gasteiger partial charge in [0.2, 0.25) is 5.91 Å². The van der Waals surface area contributed by atoms with Crippen LogP contribution in [0.25, 0.3) is 39.2 Å². The molecule has 4 aliphatic heterocycles. The average Bonchev–Trinajstić information content (AvgIpc) is 3.79. The van der Waals surface area contributed by atoms with Gasteiger partial charge < -0.3 is 28.4 Å². The highest BCUT2D eigenvalue weighted by molar-refractivity contribution is 6.06. The van der Waals surface area contributed by atoms with Crippen LogP contribution in [0.2, 0.25) is 0 Å². The van der Waals surface area contributed by atoms with E-state index >= 15 is 0 Å². The van der Waals surface area contributed by atoms with Crippen molar-refractivity contribution in [2.45, 2.75) is 83.3 Å². The predicted molar refractivity (Wildman–Crippen MR) is 189 cm³/mol. The van der Waals surface area contributed by atoms with E-state index in [4.69, 9.17) is 33.6 Å². The number of amides is 1. The number of furan rings is 1. The fourth-order valence-electron chi connectivity index (χ4n) is 7.36. The molecule has 12 heteroatoms. The lowest BCUT2D eigenvalue weighted by Crippen LogP contribution is -2.41. The summed E-state index contributed by atoms with van der Waals surface area (Å²) in [5.41, 5.74) is 2.92. The number of fused-ring (bicyclic) bond motifs is 11. The van der Waals surface area contributed by atoms with Crippen LogP contribution in [-0.2, 0) is 19.1 Å². The maximum Gasteiger partial charge on any atom is 0.329 e. The minimum Gasteiger partial charge on any atom is -0.459 e. The van der Waals surface area contributed by atoms with Gasteiger partial charge in [0.05, 0.1) is 36.7 Å². The van der Waals surface area contributed by atoms with E-state index in [-0.39, 0.29) is 30.6 Å². The second-order valence-corrected chi connectivity index (χ2v) is 14.5. The molecule has 5 aromatic rings. The zero-order valence-electron chi connectivity index (χ0n) is 28.9. The van der Waals surface area contributed by atoms with E-state index in [1.54, 1.807) is 6.08 Å². The number of hydrogen-bond acceptors (Lipinski definition) is 10. The standard InChI is InChI=1S/C38H42N6O6/c1-23-20-32(45)42-17-15-24(16-18-42)44-28-12-7-6-11-27(28)39-37(44)48-25-21-29(36(46)50-38(2,3)4)43(22-25)35-34-33(26-10-5-8-13-30(26)49-34)40-31(41-35)14-9-19-47-23/h5-14,23-25,29H,15-22H2,1-4H3/b14-9-/t23-,25+,29+/m1/s1. The Balaban J connectivity index is 1.25. The highest BCUT2D eigenvalue weighted by Crippen LogP contribution is 2.39. The van der Waals surface area contributed by atoms with E-state index in [2.05, 4.69) is 10.6 Å². The minimum atomic E-state index is -0.701. The number of imidazole rings is 1. The van der Waals surface area contributed by atoms with Crippen molar-refractivity contribution in [1.82, 2.24) is 24.4 Å². The Bertz CT molecular complexity index is 2110. The number of rotatable bonds is 1. The Morgan fingerprint density at radius 1 is 1.00 bits per heavy atom. The van der Waals surface area contributed by atoms with Crippen molar-refractivity contribution < 1.29 is 28.2 Å². The second kappa shape index (κ2) is 12.7. The number of hydrogen-bond donors (Lipinski definition) is 0. The number of nitrogens with zero attached hydrogens (tertiary/aromatic N) is 6. The number of carbonyl (C=O) groups excluding carboxylic acids is 2. The van der Waals surface area contributed by atoms with E-state index in [1.165, 1.54) is 0 Å². The van der Waals surface area contributed by atoms with E-state index in [9.17, 15) is 9.59 Å². The summed E-state index contributed by atoms with van der Waals surface area (Å²) in [6.07, 6.45) is 5.17. The van der Waals surface area contributed by atoms with Crippen LogP contribution in [0.1, 0.15) is 65.2 Å². The van der Waals surface area contributed by atoms with Crippen molar-refractivity contribution in [2.75, 3.05) is 31.1 Å². The van der Waals surface area contributed by atoms with E-state index in [1.807, 2.05) is 86.0 Å². The molecule has 0 radical (unpaired) electrons. The van der Waals surface area contributed by atoms with Gasteiger partial charge in [-0.05, 0) is 70.9 Å². The van der Waals surface area contributed by atoms with Crippen molar-refractivity contribution in [3.05, 3.63) is 60.4 Å². The molecule has 50 heavy (non-hydrogen) atoms. The van der Waals surface area contributed by atoms with Crippen LogP contribution >= 0.6 is 0 Å². The molecule has 0 saturated carbocycles. The van der Waals surface area contributed by atoms with Crippen LogP contribution < -0.4 is 9.64 Å².